The first-order valence-corrected chi connectivity index (χ1v) is 3.58. The highest BCUT2D eigenvalue weighted by molar-refractivity contribution is 5.60. The molecular weight excluding hydrogens is 191 g/mol. The third kappa shape index (κ3) is 1.81. The second-order valence-electron chi connectivity index (χ2n) is 2.53. The number of rotatable bonds is 2. The molecular formula is C8H5FN2O3. The second kappa shape index (κ2) is 3.76. The molecule has 0 spiro atoms. The van der Waals surface area contributed by atoms with Gasteiger partial charge in [0.25, 0.3) is 5.69 Å². The lowest BCUT2D eigenvalue weighted by molar-refractivity contribution is -0.385. The van der Waals surface area contributed by atoms with Gasteiger partial charge in [-0.05, 0) is 6.92 Å². The Labute approximate surface area is 78.0 Å². The van der Waals surface area contributed by atoms with Crippen LogP contribution in [0.25, 0.3) is 0 Å². The number of halogens is 1. The van der Waals surface area contributed by atoms with Crippen molar-refractivity contribution in [1.82, 2.24) is 0 Å². The number of isocyanates is 1. The molecule has 0 aliphatic rings. The van der Waals surface area contributed by atoms with Crippen LogP contribution in [0.3, 0.4) is 0 Å². The molecule has 0 radical (unpaired) electrons. The van der Waals surface area contributed by atoms with Crippen LogP contribution in [-0.2, 0) is 4.79 Å². The van der Waals surface area contributed by atoms with E-state index in [0.717, 1.165) is 12.1 Å². The molecule has 0 saturated carbocycles. The van der Waals surface area contributed by atoms with Gasteiger partial charge in [-0.15, -0.1) is 0 Å². The molecule has 72 valence electrons. The quantitative estimate of drug-likeness (QED) is 0.314. The minimum Gasteiger partial charge on any atom is -0.258 e. The summed E-state index contributed by atoms with van der Waals surface area (Å²) in [4.78, 5) is 22.8. The molecule has 5 nitrogen and oxygen atoms in total. The van der Waals surface area contributed by atoms with Gasteiger partial charge in [-0.1, -0.05) is 0 Å². The third-order valence-electron chi connectivity index (χ3n) is 1.68. The molecule has 0 amide bonds. The number of nitro groups is 1. The van der Waals surface area contributed by atoms with Crippen LogP contribution in [-0.4, -0.2) is 11.0 Å². The topological polar surface area (TPSA) is 72.6 Å². The average molecular weight is 196 g/mol. The lowest BCUT2D eigenvalue weighted by atomic mass is 10.1. The summed E-state index contributed by atoms with van der Waals surface area (Å²) in [6, 6.07) is 1.71. The normalized spacial score (nSPS) is 9.29. The fourth-order valence-corrected chi connectivity index (χ4v) is 1.01. The highest BCUT2D eigenvalue weighted by atomic mass is 19.1. The van der Waals surface area contributed by atoms with Gasteiger partial charge in [0.1, 0.15) is 5.82 Å². The van der Waals surface area contributed by atoms with Crippen molar-refractivity contribution in [2.75, 3.05) is 0 Å². The molecule has 0 aromatic heterocycles. The highest BCUT2D eigenvalue weighted by Crippen LogP contribution is 2.28. The predicted molar refractivity (Wildman–Crippen MR) is 45.6 cm³/mol. The Kier molecular flexibility index (Phi) is 2.69. The molecule has 0 N–H and O–H groups in total. The molecule has 1 rings (SSSR count). The van der Waals surface area contributed by atoms with Crippen molar-refractivity contribution in [1.29, 1.82) is 0 Å². The Morgan fingerprint density at radius 1 is 1.57 bits per heavy atom. The van der Waals surface area contributed by atoms with Crippen LogP contribution in [0.5, 0.6) is 0 Å². The number of benzene rings is 1. The zero-order chi connectivity index (χ0) is 10.7. The zero-order valence-electron chi connectivity index (χ0n) is 7.15. The summed E-state index contributed by atoms with van der Waals surface area (Å²) in [6.07, 6.45) is 1.20. The van der Waals surface area contributed by atoms with Crippen molar-refractivity contribution in [2.45, 2.75) is 6.92 Å². The Hall–Kier alpha value is -2.07. The molecule has 0 saturated heterocycles. The van der Waals surface area contributed by atoms with Crippen molar-refractivity contribution in [2.24, 2.45) is 4.99 Å². The van der Waals surface area contributed by atoms with Gasteiger partial charge in [0.2, 0.25) is 6.08 Å². The molecule has 0 aliphatic carbocycles. The van der Waals surface area contributed by atoms with Crippen molar-refractivity contribution in [3.05, 3.63) is 33.6 Å². The van der Waals surface area contributed by atoms with E-state index < -0.39 is 16.4 Å². The first-order chi connectivity index (χ1) is 6.56. The minimum atomic E-state index is -0.809. The van der Waals surface area contributed by atoms with E-state index in [-0.39, 0.29) is 11.3 Å². The number of nitro benzene ring substituents is 1. The van der Waals surface area contributed by atoms with Gasteiger partial charge in [-0.2, -0.15) is 4.99 Å². The number of aliphatic imine (C=N–C) groups is 1. The van der Waals surface area contributed by atoms with Crippen LogP contribution in [0.15, 0.2) is 17.1 Å². The maximum Gasteiger partial charge on any atom is 0.277 e. The summed E-state index contributed by atoms with van der Waals surface area (Å²) in [6.45, 7) is 1.38. The molecule has 1 aromatic rings. The van der Waals surface area contributed by atoms with E-state index in [2.05, 4.69) is 4.99 Å². The van der Waals surface area contributed by atoms with Gasteiger partial charge >= 0.3 is 0 Å². The van der Waals surface area contributed by atoms with E-state index >= 15 is 0 Å². The summed E-state index contributed by atoms with van der Waals surface area (Å²) in [5.41, 5.74) is -0.342. The number of hydrogen-bond acceptors (Lipinski definition) is 4. The van der Waals surface area contributed by atoms with E-state index in [0.29, 0.717) is 0 Å². The molecule has 0 unspecified atom stereocenters. The molecule has 0 bridgehead atoms. The van der Waals surface area contributed by atoms with Crippen molar-refractivity contribution >= 4 is 17.5 Å². The largest absolute Gasteiger partial charge is 0.277 e. The highest BCUT2D eigenvalue weighted by Gasteiger charge is 2.15. The van der Waals surface area contributed by atoms with Crippen LogP contribution in [0.2, 0.25) is 0 Å². The summed E-state index contributed by atoms with van der Waals surface area (Å²) in [7, 11) is 0. The summed E-state index contributed by atoms with van der Waals surface area (Å²) < 4.78 is 12.8. The van der Waals surface area contributed by atoms with Crippen molar-refractivity contribution in [3.8, 4) is 0 Å². The molecule has 14 heavy (non-hydrogen) atoms. The fraction of sp³-hybridized carbons (Fsp3) is 0.125. The Morgan fingerprint density at radius 3 is 2.71 bits per heavy atom. The van der Waals surface area contributed by atoms with Crippen molar-refractivity contribution < 1.29 is 14.1 Å². The van der Waals surface area contributed by atoms with Gasteiger partial charge < -0.3 is 0 Å². The lowest BCUT2D eigenvalue weighted by Crippen LogP contribution is -1.93. The van der Waals surface area contributed by atoms with Crippen LogP contribution in [0, 0.1) is 22.9 Å². The summed E-state index contributed by atoms with van der Waals surface area (Å²) >= 11 is 0. The van der Waals surface area contributed by atoms with Gasteiger partial charge in [0.05, 0.1) is 22.2 Å². The van der Waals surface area contributed by atoms with Crippen LogP contribution in [0.4, 0.5) is 15.8 Å². The second-order valence-corrected chi connectivity index (χ2v) is 2.53. The standard InChI is InChI=1S/C8H5FN2O3/c1-5-7(10-4-12)2-6(9)3-8(5)11(13)14/h2-3H,1H3. The van der Waals surface area contributed by atoms with Gasteiger partial charge in [0.15, 0.2) is 0 Å². The van der Waals surface area contributed by atoms with Gasteiger partial charge in [-0.3, -0.25) is 10.1 Å². The van der Waals surface area contributed by atoms with Crippen LogP contribution >= 0.6 is 0 Å². The Bertz CT molecular complexity index is 415. The molecule has 6 heteroatoms. The SMILES string of the molecule is Cc1c(N=C=O)cc(F)cc1[N+](=O)[O-]. The van der Waals surface area contributed by atoms with Crippen molar-refractivity contribution in [3.63, 3.8) is 0 Å². The number of carbonyl (C=O) groups excluding carboxylic acids is 1. The van der Waals surface area contributed by atoms with Gasteiger partial charge in [-0.25, -0.2) is 9.18 Å². The predicted octanol–water partition coefficient (Wildman–Crippen LogP) is 2.01. The average Bonchev–Trinajstić information content (AvgIpc) is 2.10. The fourth-order valence-electron chi connectivity index (χ4n) is 1.01. The lowest BCUT2D eigenvalue weighted by Gasteiger charge is -1.99. The van der Waals surface area contributed by atoms with E-state index in [9.17, 15) is 19.3 Å². The zero-order valence-corrected chi connectivity index (χ0v) is 7.15. The smallest absolute Gasteiger partial charge is 0.258 e. The molecule has 1 aromatic carbocycles. The molecule has 0 atom stereocenters. The minimum absolute atomic E-state index is 0.0771. The molecule has 0 aliphatic heterocycles. The molecule has 0 fully saturated rings. The molecule has 0 heterocycles. The van der Waals surface area contributed by atoms with E-state index in [4.69, 9.17) is 0 Å². The van der Waals surface area contributed by atoms with E-state index in [1.54, 1.807) is 0 Å². The first-order valence-electron chi connectivity index (χ1n) is 3.58. The van der Waals surface area contributed by atoms with Crippen LogP contribution in [0.1, 0.15) is 5.56 Å². The maximum atomic E-state index is 12.8. The first kappa shape index (κ1) is 10.0. The van der Waals surface area contributed by atoms with E-state index in [1.165, 1.54) is 13.0 Å². The Morgan fingerprint density at radius 2 is 2.21 bits per heavy atom. The van der Waals surface area contributed by atoms with Gasteiger partial charge in [0, 0.05) is 6.07 Å². The third-order valence-corrected chi connectivity index (χ3v) is 1.68. The van der Waals surface area contributed by atoms with E-state index in [1.807, 2.05) is 0 Å². The maximum absolute atomic E-state index is 12.8. The van der Waals surface area contributed by atoms with Crippen LogP contribution < -0.4 is 0 Å². The summed E-state index contributed by atoms with van der Waals surface area (Å²) in [5, 5.41) is 10.4. The summed E-state index contributed by atoms with van der Waals surface area (Å²) in [5.74, 6) is -0.809. The monoisotopic (exact) mass is 196 g/mol. The number of hydrogen-bond donors (Lipinski definition) is 0. The number of nitrogens with zero attached hydrogens (tertiary/aromatic N) is 2. The Balaban J connectivity index is 3.46.